The van der Waals surface area contributed by atoms with E-state index in [1.54, 1.807) is 6.07 Å². The minimum Gasteiger partial charge on any atom is -0.492 e. The first-order valence-electron chi connectivity index (χ1n) is 5.76. The number of carbonyl (C=O) groups excluding carboxylic acids is 1. The molecule has 0 aromatic heterocycles. The van der Waals surface area contributed by atoms with Gasteiger partial charge >= 0.3 is 0 Å². The summed E-state index contributed by atoms with van der Waals surface area (Å²) < 4.78 is 5.48. The van der Waals surface area contributed by atoms with E-state index in [0.29, 0.717) is 30.2 Å². The zero-order valence-corrected chi connectivity index (χ0v) is 11.0. The molecule has 1 rings (SSSR count). The van der Waals surface area contributed by atoms with Crippen LogP contribution in [0.4, 0.5) is 0 Å². The van der Waals surface area contributed by atoms with Gasteiger partial charge in [0, 0.05) is 12.5 Å². The van der Waals surface area contributed by atoms with Crippen molar-refractivity contribution in [3.8, 4) is 5.75 Å². The van der Waals surface area contributed by atoms with Crippen molar-refractivity contribution in [2.75, 3.05) is 6.61 Å². The molecule has 0 heterocycles. The third-order valence-corrected chi connectivity index (χ3v) is 2.40. The second kappa shape index (κ2) is 7.17. The van der Waals surface area contributed by atoms with Crippen LogP contribution in [-0.4, -0.2) is 18.6 Å². The summed E-state index contributed by atoms with van der Waals surface area (Å²) in [5.41, 5.74) is 0. The fourth-order valence-corrected chi connectivity index (χ4v) is 1.56. The molecule has 1 amide bonds. The quantitative estimate of drug-likeness (QED) is 0.794. The molecule has 0 saturated carbocycles. The van der Waals surface area contributed by atoms with Gasteiger partial charge in [-0.05, 0) is 32.4 Å². The lowest BCUT2D eigenvalue weighted by molar-refractivity contribution is -0.121. The molecule has 0 aliphatic rings. The molecule has 0 aliphatic carbocycles. The van der Waals surface area contributed by atoms with Gasteiger partial charge in [0.1, 0.15) is 5.75 Å². The summed E-state index contributed by atoms with van der Waals surface area (Å²) in [6, 6.07) is 7.50. The number of halogens is 1. The topological polar surface area (TPSA) is 38.3 Å². The van der Waals surface area contributed by atoms with Crippen LogP contribution in [0.25, 0.3) is 0 Å². The van der Waals surface area contributed by atoms with Crippen molar-refractivity contribution in [3.63, 3.8) is 0 Å². The molecule has 4 heteroatoms. The fourth-order valence-electron chi connectivity index (χ4n) is 1.37. The Hall–Kier alpha value is -1.22. The van der Waals surface area contributed by atoms with E-state index < -0.39 is 0 Å². The largest absolute Gasteiger partial charge is 0.492 e. The zero-order chi connectivity index (χ0) is 12.7. The number of rotatable bonds is 6. The lowest BCUT2D eigenvalue weighted by atomic mass is 10.3. The van der Waals surface area contributed by atoms with E-state index in [2.05, 4.69) is 5.32 Å². The second-order valence-electron chi connectivity index (χ2n) is 4.10. The van der Waals surface area contributed by atoms with E-state index >= 15 is 0 Å². The van der Waals surface area contributed by atoms with E-state index in [0.717, 1.165) is 0 Å². The van der Waals surface area contributed by atoms with Crippen molar-refractivity contribution < 1.29 is 9.53 Å². The molecular formula is C13H18ClNO2. The summed E-state index contributed by atoms with van der Waals surface area (Å²) in [4.78, 5) is 11.3. The van der Waals surface area contributed by atoms with Crippen LogP contribution in [0.15, 0.2) is 24.3 Å². The first kappa shape index (κ1) is 13.8. The standard InChI is InChI=1S/C13H18ClNO2/c1-10(2)15-13(16)8-5-9-17-12-7-4-3-6-11(12)14/h3-4,6-7,10H,5,8-9H2,1-2H3,(H,15,16). The van der Waals surface area contributed by atoms with E-state index in [-0.39, 0.29) is 11.9 Å². The summed E-state index contributed by atoms with van der Waals surface area (Å²) in [7, 11) is 0. The highest BCUT2D eigenvalue weighted by Crippen LogP contribution is 2.23. The van der Waals surface area contributed by atoms with Crippen molar-refractivity contribution in [3.05, 3.63) is 29.3 Å². The summed E-state index contributed by atoms with van der Waals surface area (Å²) >= 11 is 5.93. The SMILES string of the molecule is CC(C)NC(=O)CCCOc1ccccc1Cl. The molecule has 0 bridgehead atoms. The van der Waals surface area contributed by atoms with Crippen molar-refractivity contribution in [2.24, 2.45) is 0 Å². The molecule has 0 atom stereocenters. The minimum atomic E-state index is 0.0581. The number of hydrogen-bond donors (Lipinski definition) is 1. The van der Waals surface area contributed by atoms with E-state index in [9.17, 15) is 4.79 Å². The van der Waals surface area contributed by atoms with Gasteiger partial charge in [-0.3, -0.25) is 4.79 Å². The smallest absolute Gasteiger partial charge is 0.220 e. The molecule has 1 aromatic rings. The monoisotopic (exact) mass is 255 g/mol. The van der Waals surface area contributed by atoms with Gasteiger partial charge in [0.15, 0.2) is 0 Å². The van der Waals surface area contributed by atoms with E-state index in [4.69, 9.17) is 16.3 Å². The van der Waals surface area contributed by atoms with Crippen molar-refractivity contribution in [1.82, 2.24) is 5.32 Å². The highest BCUT2D eigenvalue weighted by atomic mass is 35.5. The number of hydrogen-bond acceptors (Lipinski definition) is 2. The normalized spacial score (nSPS) is 10.4. The maximum Gasteiger partial charge on any atom is 0.220 e. The van der Waals surface area contributed by atoms with Crippen LogP contribution in [0.3, 0.4) is 0 Å². The molecule has 0 fully saturated rings. The second-order valence-corrected chi connectivity index (χ2v) is 4.51. The Kier molecular flexibility index (Phi) is 5.84. The van der Waals surface area contributed by atoms with Gasteiger partial charge < -0.3 is 10.1 Å². The van der Waals surface area contributed by atoms with Crippen LogP contribution >= 0.6 is 11.6 Å². The van der Waals surface area contributed by atoms with Gasteiger partial charge in [-0.25, -0.2) is 0 Å². The molecule has 0 radical (unpaired) electrons. The van der Waals surface area contributed by atoms with Crippen molar-refractivity contribution in [2.45, 2.75) is 32.7 Å². The Morgan fingerprint density at radius 2 is 2.12 bits per heavy atom. The van der Waals surface area contributed by atoms with Crippen LogP contribution in [0.5, 0.6) is 5.75 Å². The third kappa shape index (κ3) is 5.59. The van der Waals surface area contributed by atoms with Gasteiger partial charge in [-0.1, -0.05) is 23.7 Å². The first-order chi connectivity index (χ1) is 8.09. The molecule has 0 saturated heterocycles. The van der Waals surface area contributed by atoms with Crippen LogP contribution in [0.2, 0.25) is 5.02 Å². The van der Waals surface area contributed by atoms with Gasteiger partial charge in [0.2, 0.25) is 5.91 Å². The maximum absolute atomic E-state index is 11.3. The van der Waals surface area contributed by atoms with Crippen LogP contribution in [0, 0.1) is 0 Å². The minimum absolute atomic E-state index is 0.0581. The Morgan fingerprint density at radius 3 is 2.76 bits per heavy atom. The summed E-state index contributed by atoms with van der Waals surface area (Å²) in [6.45, 7) is 4.38. The fraction of sp³-hybridized carbons (Fsp3) is 0.462. The predicted octanol–water partition coefficient (Wildman–Crippen LogP) is 3.02. The van der Waals surface area contributed by atoms with Gasteiger partial charge in [0.05, 0.1) is 11.6 Å². The average molecular weight is 256 g/mol. The van der Waals surface area contributed by atoms with Crippen molar-refractivity contribution >= 4 is 17.5 Å². The van der Waals surface area contributed by atoms with E-state index in [1.165, 1.54) is 0 Å². The van der Waals surface area contributed by atoms with Crippen LogP contribution in [0.1, 0.15) is 26.7 Å². The molecule has 94 valence electrons. The van der Waals surface area contributed by atoms with Gasteiger partial charge in [-0.15, -0.1) is 0 Å². The molecule has 17 heavy (non-hydrogen) atoms. The summed E-state index contributed by atoms with van der Waals surface area (Å²) in [6.07, 6.45) is 1.16. The van der Waals surface area contributed by atoms with Gasteiger partial charge in [-0.2, -0.15) is 0 Å². The molecule has 0 unspecified atom stereocenters. The molecule has 0 aliphatic heterocycles. The summed E-state index contributed by atoms with van der Waals surface area (Å²) in [5.74, 6) is 0.723. The number of carbonyl (C=O) groups is 1. The van der Waals surface area contributed by atoms with Crippen LogP contribution in [-0.2, 0) is 4.79 Å². The molecule has 1 N–H and O–H groups in total. The first-order valence-corrected chi connectivity index (χ1v) is 6.14. The Balaban J connectivity index is 2.21. The highest BCUT2D eigenvalue weighted by Gasteiger charge is 2.04. The average Bonchev–Trinajstić information content (AvgIpc) is 2.25. The number of amides is 1. The Labute approximate surface area is 107 Å². The summed E-state index contributed by atoms with van der Waals surface area (Å²) in [5, 5.41) is 3.43. The lowest BCUT2D eigenvalue weighted by Gasteiger charge is -2.09. The number of nitrogens with one attached hydrogen (secondary N) is 1. The third-order valence-electron chi connectivity index (χ3n) is 2.09. The lowest BCUT2D eigenvalue weighted by Crippen LogP contribution is -2.30. The zero-order valence-electron chi connectivity index (χ0n) is 10.2. The number of benzene rings is 1. The predicted molar refractivity (Wildman–Crippen MR) is 69.5 cm³/mol. The molecular weight excluding hydrogens is 238 g/mol. The number of para-hydroxylation sites is 1. The highest BCUT2D eigenvalue weighted by molar-refractivity contribution is 6.32. The van der Waals surface area contributed by atoms with E-state index in [1.807, 2.05) is 32.0 Å². The molecule has 0 spiro atoms. The maximum atomic E-state index is 11.3. The van der Waals surface area contributed by atoms with Crippen molar-refractivity contribution in [1.29, 1.82) is 0 Å². The molecule has 1 aromatic carbocycles. The van der Waals surface area contributed by atoms with Crippen LogP contribution < -0.4 is 10.1 Å². The Morgan fingerprint density at radius 1 is 1.41 bits per heavy atom. The number of ether oxygens (including phenoxy) is 1. The Bertz CT molecular complexity index is 366. The molecule has 3 nitrogen and oxygen atoms in total. The van der Waals surface area contributed by atoms with Gasteiger partial charge in [0.25, 0.3) is 0 Å².